The lowest BCUT2D eigenvalue weighted by atomic mass is 10.0. The first kappa shape index (κ1) is 13.2. The third kappa shape index (κ3) is 2.32. The number of nitrogens with zero attached hydrogens (tertiary/aromatic N) is 1. The summed E-state index contributed by atoms with van der Waals surface area (Å²) in [6, 6.07) is 7.68. The van der Waals surface area contributed by atoms with E-state index in [0.717, 1.165) is 6.07 Å². The fourth-order valence-electron chi connectivity index (χ4n) is 1.70. The molecule has 18 heavy (non-hydrogen) atoms. The average Bonchev–Trinajstić information content (AvgIpc) is 2.31. The van der Waals surface area contributed by atoms with Crippen molar-refractivity contribution in [2.75, 3.05) is 0 Å². The van der Waals surface area contributed by atoms with Crippen LogP contribution in [0.1, 0.15) is 5.56 Å². The van der Waals surface area contributed by atoms with Gasteiger partial charge in [-0.15, -0.1) is 0 Å². The van der Waals surface area contributed by atoms with Crippen molar-refractivity contribution >= 4 is 49.8 Å². The van der Waals surface area contributed by atoms with Crippen molar-refractivity contribution in [3.05, 3.63) is 40.4 Å². The van der Waals surface area contributed by atoms with Gasteiger partial charge in [0.15, 0.2) is 0 Å². The highest BCUT2D eigenvalue weighted by atomic mass is 79.9. The van der Waals surface area contributed by atoms with Crippen LogP contribution in [0.15, 0.2) is 39.8 Å². The molecule has 92 valence electrons. The average molecular weight is 332 g/mol. The predicted molar refractivity (Wildman–Crippen MR) is 71.3 cm³/mol. The molecule has 0 aliphatic heterocycles. The molecule has 6 heteroatoms. The van der Waals surface area contributed by atoms with E-state index in [1.807, 2.05) is 5.16 Å². The molecular weight excluding hydrogens is 327 g/mol. The molecule has 0 spiro atoms. The van der Waals surface area contributed by atoms with Crippen molar-refractivity contribution in [1.82, 2.24) is 0 Å². The molecule has 0 amide bonds. The molecule has 2 aromatic carbocycles. The van der Waals surface area contributed by atoms with E-state index in [4.69, 9.17) is 0 Å². The number of hydrogen-bond acceptors (Lipinski definition) is 2. The van der Waals surface area contributed by atoms with E-state index in [9.17, 15) is 13.2 Å². The van der Waals surface area contributed by atoms with Gasteiger partial charge in [-0.25, -0.2) is 0 Å². The van der Waals surface area contributed by atoms with Gasteiger partial charge in [0.1, 0.15) is 0 Å². The zero-order valence-electron chi connectivity index (χ0n) is 8.75. The lowest BCUT2D eigenvalue weighted by Crippen LogP contribution is -2.05. The van der Waals surface area contributed by atoms with Crippen molar-refractivity contribution in [2.24, 2.45) is 4.99 Å². The molecule has 0 aromatic heterocycles. The third-order valence-corrected chi connectivity index (χ3v) is 3.18. The van der Waals surface area contributed by atoms with Crippen molar-refractivity contribution in [1.29, 1.82) is 0 Å². The first-order chi connectivity index (χ1) is 8.45. The van der Waals surface area contributed by atoms with Crippen LogP contribution in [0.3, 0.4) is 0 Å². The summed E-state index contributed by atoms with van der Waals surface area (Å²) in [5.74, 6) is 0. The minimum Gasteiger partial charge on any atom is -0.193 e. The first-order valence-corrected chi connectivity index (χ1v) is 6.01. The van der Waals surface area contributed by atoms with Crippen molar-refractivity contribution < 1.29 is 13.2 Å². The SMILES string of the molecule is FC(F)(F)c1cc(Br)c2ccccc2c1N=C=S. The summed E-state index contributed by atoms with van der Waals surface area (Å²) in [5.41, 5.74) is -1.03. The van der Waals surface area contributed by atoms with E-state index in [1.54, 1.807) is 24.3 Å². The number of aliphatic imine (C=N–C) groups is 1. The summed E-state index contributed by atoms with van der Waals surface area (Å²) in [4.78, 5) is 3.57. The van der Waals surface area contributed by atoms with Gasteiger partial charge in [-0.2, -0.15) is 18.2 Å². The normalized spacial score (nSPS) is 11.3. The molecule has 0 aliphatic rings. The van der Waals surface area contributed by atoms with Crippen molar-refractivity contribution in [3.8, 4) is 0 Å². The molecule has 2 rings (SSSR count). The lowest BCUT2D eigenvalue weighted by molar-refractivity contribution is -0.137. The fourth-order valence-corrected chi connectivity index (χ4v) is 2.36. The second-order valence-corrected chi connectivity index (χ2v) is 4.54. The maximum atomic E-state index is 12.9. The Bertz CT molecular complexity index is 660. The van der Waals surface area contributed by atoms with Crippen LogP contribution in [0.2, 0.25) is 0 Å². The van der Waals surface area contributed by atoms with Crippen LogP contribution >= 0.6 is 28.1 Å². The Labute approximate surface area is 114 Å². The highest BCUT2D eigenvalue weighted by Gasteiger charge is 2.35. The third-order valence-electron chi connectivity index (χ3n) is 2.43. The zero-order valence-corrected chi connectivity index (χ0v) is 11.2. The first-order valence-electron chi connectivity index (χ1n) is 4.81. The Balaban J connectivity index is 2.96. The molecule has 0 unspecified atom stereocenters. The zero-order chi connectivity index (χ0) is 13.3. The Morgan fingerprint density at radius 1 is 1.17 bits per heavy atom. The summed E-state index contributed by atoms with van der Waals surface area (Å²) in [7, 11) is 0. The van der Waals surface area contributed by atoms with Gasteiger partial charge in [-0.1, -0.05) is 40.2 Å². The molecular formula is C12H5BrF3NS. The van der Waals surface area contributed by atoms with Gasteiger partial charge in [0.2, 0.25) is 0 Å². The quantitative estimate of drug-likeness (QED) is 0.506. The second-order valence-electron chi connectivity index (χ2n) is 3.50. The number of fused-ring (bicyclic) bond motifs is 1. The molecule has 1 nitrogen and oxygen atoms in total. The molecule has 0 bridgehead atoms. The van der Waals surface area contributed by atoms with Gasteiger partial charge in [-0.3, -0.25) is 0 Å². The van der Waals surface area contributed by atoms with Crippen LogP contribution in [-0.4, -0.2) is 5.16 Å². The Kier molecular flexibility index (Phi) is 3.52. The Morgan fingerprint density at radius 2 is 1.78 bits per heavy atom. The van der Waals surface area contributed by atoms with Gasteiger partial charge in [-0.05, 0) is 23.7 Å². The summed E-state index contributed by atoms with van der Waals surface area (Å²) in [5, 5.41) is 3.03. The topological polar surface area (TPSA) is 12.4 Å². The lowest BCUT2D eigenvalue weighted by Gasteiger charge is -2.13. The summed E-state index contributed by atoms with van der Waals surface area (Å²) < 4.78 is 39.2. The van der Waals surface area contributed by atoms with Crippen molar-refractivity contribution in [3.63, 3.8) is 0 Å². The largest absolute Gasteiger partial charge is 0.418 e. The van der Waals surface area contributed by atoms with E-state index in [1.165, 1.54) is 0 Å². The smallest absolute Gasteiger partial charge is 0.193 e. The highest BCUT2D eigenvalue weighted by molar-refractivity contribution is 9.10. The number of isothiocyanates is 1. The number of thiocarbonyl (C=S) groups is 1. The molecule has 2 aromatic rings. The minimum atomic E-state index is -4.49. The summed E-state index contributed by atoms with van der Waals surface area (Å²) in [6.07, 6.45) is -4.49. The molecule has 0 radical (unpaired) electrons. The van der Waals surface area contributed by atoms with Crippen LogP contribution < -0.4 is 0 Å². The minimum absolute atomic E-state index is 0.198. The number of halogens is 4. The van der Waals surface area contributed by atoms with E-state index in [-0.39, 0.29) is 5.69 Å². The molecule has 0 heterocycles. The van der Waals surface area contributed by atoms with Crippen molar-refractivity contribution in [2.45, 2.75) is 6.18 Å². The summed E-state index contributed by atoms with van der Waals surface area (Å²) >= 11 is 7.55. The highest BCUT2D eigenvalue weighted by Crippen LogP contribution is 2.43. The van der Waals surface area contributed by atoms with E-state index in [2.05, 4.69) is 33.1 Å². The fraction of sp³-hybridized carbons (Fsp3) is 0.0833. The van der Waals surface area contributed by atoms with Crippen LogP contribution in [-0.2, 0) is 6.18 Å². The van der Waals surface area contributed by atoms with Crippen LogP contribution in [0, 0.1) is 0 Å². The maximum Gasteiger partial charge on any atom is 0.418 e. The number of hydrogen-bond donors (Lipinski definition) is 0. The standard InChI is InChI=1S/C12H5BrF3NS/c13-10-5-9(12(14,15)16)11(17-6-18)8-4-2-1-3-7(8)10/h1-5H. The van der Waals surface area contributed by atoms with Gasteiger partial charge in [0, 0.05) is 9.86 Å². The number of alkyl halides is 3. The molecule has 0 saturated heterocycles. The van der Waals surface area contributed by atoms with Crippen LogP contribution in [0.25, 0.3) is 10.8 Å². The van der Waals surface area contributed by atoms with Crippen LogP contribution in [0.4, 0.5) is 18.9 Å². The summed E-state index contributed by atoms with van der Waals surface area (Å²) in [6.45, 7) is 0. The number of rotatable bonds is 1. The van der Waals surface area contributed by atoms with Crippen LogP contribution in [0.5, 0.6) is 0 Å². The molecule has 0 fully saturated rings. The van der Waals surface area contributed by atoms with Gasteiger partial charge >= 0.3 is 6.18 Å². The predicted octanol–water partition coefficient (Wildman–Crippen LogP) is 5.36. The van der Waals surface area contributed by atoms with Gasteiger partial charge in [0.05, 0.1) is 16.4 Å². The van der Waals surface area contributed by atoms with E-state index in [0.29, 0.717) is 15.2 Å². The molecule has 0 N–H and O–H groups in total. The second kappa shape index (κ2) is 4.80. The van der Waals surface area contributed by atoms with E-state index >= 15 is 0 Å². The monoisotopic (exact) mass is 331 g/mol. The molecule has 0 atom stereocenters. The van der Waals surface area contributed by atoms with Gasteiger partial charge in [0.25, 0.3) is 0 Å². The molecule has 0 aliphatic carbocycles. The Morgan fingerprint density at radius 3 is 2.33 bits per heavy atom. The Hall–Kier alpha value is -1.23. The number of benzene rings is 2. The molecule has 0 saturated carbocycles. The van der Waals surface area contributed by atoms with E-state index < -0.39 is 11.7 Å². The maximum absolute atomic E-state index is 12.9. The van der Waals surface area contributed by atoms with Gasteiger partial charge < -0.3 is 0 Å².